The largest absolute Gasteiger partial charge is 0.466 e. The number of benzene rings is 7. The SMILES string of the molecule is BrCCCCBr.CC(C)(CCCN=CC=O)COC1CCCCO1.CC(C)(CO)CCCNC(=O)NCCCCC(C)(CO)c1ccccc1.CC(CO)(CCCCBr)c1ccccc1.CC(CO)(CCCCN)c1ccccc1.CC(CO)(CCCCN1C(=O)c2ccccc2C1=O)c1ccccc1.CCOC(=O)C(C)(CCCCBr)c1ccccc1.CCOC(=O)C(C)c1ccccc1.[2HH].[2H][2H].[2H][2H]. The minimum absolute atomic E-state index is 0. The van der Waals surface area contributed by atoms with Crippen molar-refractivity contribution in [2.45, 2.75) is 276 Å². The second-order valence-corrected chi connectivity index (χ2v) is 40.8. The van der Waals surface area contributed by atoms with Gasteiger partial charge in [0, 0.05) is 89.7 Å². The summed E-state index contributed by atoms with van der Waals surface area (Å²) >= 11 is 13.5. The highest BCUT2D eigenvalue weighted by Crippen LogP contribution is 2.36. The summed E-state index contributed by atoms with van der Waals surface area (Å²) < 4.78 is 41.5. The highest BCUT2D eigenvalue weighted by Gasteiger charge is 2.38. The number of nitrogens with two attached hydrogens (primary N) is 1. The van der Waals surface area contributed by atoms with Gasteiger partial charge in [0.15, 0.2) is 12.6 Å². The molecule has 2 aliphatic rings. The number of hydrogen-bond acceptors (Lipinski definition) is 17. The minimum Gasteiger partial charge on any atom is -0.466 e. The van der Waals surface area contributed by atoms with Gasteiger partial charge in [-0.1, -0.05) is 345 Å². The Balaban J connectivity index is 0. The number of imide groups is 1. The molecule has 7 aromatic rings. The van der Waals surface area contributed by atoms with Crippen molar-refractivity contribution in [2.75, 3.05) is 114 Å². The third-order valence-corrected chi connectivity index (χ3v) is 27.0. The van der Waals surface area contributed by atoms with Gasteiger partial charge in [0.2, 0.25) is 0 Å². The number of carbonyl (C=O) groups is 6. The molecule has 0 bridgehead atoms. The Hall–Kier alpha value is -7.17. The first-order chi connectivity index (χ1) is 67.3. The summed E-state index contributed by atoms with van der Waals surface area (Å²) in [6, 6.07) is 66.9. The third kappa shape index (κ3) is 49.8. The summed E-state index contributed by atoms with van der Waals surface area (Å²) in [5.74, 6) is -0.845. The summed E-state index contributed by atoms with van der Waals surface area (Å²) in [4.78, 5) is 75.4. The van der Waals surface area contributed by atoms with E-state index in [1.807, 2.05) is 194 Å². The number of hydrogen-bond donors (Lipinski definition) is 8. The summed E-state index contributed by atoms with van der Waals surface area (Å²) in [7, 11) is 0. The number of amides is 4. The molecular formula is C112H173Br4N5O15. The molecule has 0 saturated carbocycles. The van der Waals surface area contributed by atoms with Crippen LogP contribution in [0.2, 0.25) is 0 Å². The van der Waals surface area contributed by atoms with Crippen LogP contribution >= 0.6 is 63.7 Å². The number of aldehydes is 1. The van der Waals surface area contributed by atoms with E-state index in [2.05, 4.69) is 150 Å². The third-order valence-electron chi connectivity index (χ3n) is 24.8. The van der Waals surface area contributed by atoms with E-state index in [1.165, 1.54) is 47.9 Å². The van der Waals surface area contributed by atoms with E-state index < -0.39 is 5.41 Å². The van der Waals surface area contributed by atoms with Crippen LogP contribution in [0.4, 0.5) is 4.79 Å². The maximum absolute atomic E-state index is 12.3. The van der Waals surface area contributed by atoms with E-state index in [0.29, 0.717) is 56.8 Å². The lowest BCUT2D eigenvalue weighted by Crippen LogP contribution is -2.37. The van der Waals surface area contributed by atoms with Crippen LogP contribution in [0.1, 0.15) is 305 Å². The Morgan fingerprint density at radius 3 is 1.24 bits per heavy atom. The van der Waals surface area contributed by atoms with E-state index in [1.54, 1.807) is 24.3 Å². The van der Waals surface area contributed by atoms with Gasteiger partial charge < -0.3 is 60.8 Å². The number of unbranched alkanes of at least 4 members (excludes halogenated alkanes) is 6. The van der Waals surface area contributed by atoms with Crippen LogP contribution in [-0.2, 0) is 60.4 Å². The van der Waals surface area contributed by atoms with Gasteiger partial charge >= 0.3 is 18.0 Å². The lowest BCUT2D eigenvalue weighted by atomic mass is 9.78. The topological polar surface area (TPSA) is 306 Å². The van der Waals surface area contributed by atoms with Crippen molar-refractivity contribution in [3.8, 4) is 0 Å². The number of aliphatic imine (C=N–C) groups is 1. The van der Waals surface area contributed by atoms with Crippen LogP contribution in [0, 0.1) is 10.8 Å². The molecule has 0 radical (unpaired) electrons. The van der Waals surface area contributed by atoms with Crippen molar-refractivity contribution in [2.24, 2.45) is 21.6 Å². The summed E-state index contributed by atoms with van der Waals surface area (Å²) in [5, 5.41) is 57.9. The number of fused-ring (bicyclic) bond motifs is 1. The van der Waals surface area contributed by atoms with Crippen molar-refractivity contribution < 1.29 is 80.6 Å². The van der Waals surface area contributed by atoms with E-state index in [9.17, 15) is 54.3 Å². The Bertz CT molecular complexity index is 4210. The number of aliphatic hydroxyl groups is 5. The van der Waals surface area contributed by atoms with Crippen LogP contribution in [0.5, 0.6) is 0 Å². The summed E-state index contributed by atoms with van der Waals surface area (Å²) in [5.41, 5.74) is 12.0. The number of rotatable bonds is 52. The number of urea groups is 1. The molecular weight excluding hydrogens is 1970 g/mol. The number of alkyl halides is 4. The molecule has 20 nitrogen and oxygen atoms in total. The zero-order valence-corrected chi connectivity index (χ0v) is 90.3. The molecule has 7 atom stereocenters. The minimum atomic E-state index is -0.528. The molecule has 2 heterocycles. The Morgan fingerprint density at radius 2 is 0.853 bits per heavy atom. The van der Waals surface area contributed by atoms with Crippen LogP contribution in [0.15, 0.2) is 211 Å². The molecule has 764 valence electrons. The molecule has 7 unspecified atom stereocenters. The molecule has 0 aliphatic carbocycles. The number of carbonyl (C=O) groups excluding carboxylic acids is 6. The second-order valence-electron chi connectivity index (χ2n) is 37.7. The Labute approximate surface area is 858 Å². The van der Waals surface area contributed by atoms with Gasteiger partial charge in [-0.15, -0.1) is 0 Å². The van der Waals surface area contributed by atoms with Crippen molar-refractivity contribution in [1.82, 2.24) is 15.5 Å². The lowest BCUT2D eigenvalue weighted by molar-refractivity contribution is -0.176. The molecule has 7 aromatic carbocycles. The van der Waals surface area contributed by atoms with Crippen LogP contribution in [0.25, 0.3) is 0 Å². The number of aliphatic hydroxyl groups excluding tert-OH is 5. The first-order valence-electron chi connectivity index (χ1n) is 51.1. The van der Waals surface area contributed by atoms with Crippen LogP contribution in [-0.4, -0.2) is 193 Å². The predicted octanol–water partition coefficient (Wildman–Crippen LogP) is 24.5. The van der Waals surface area contributed by atoms with Gasteiger partial charge in [0.05, 0.1) is 74.9 Å². The molecule has 136 heavy (non-hydrogen) atoms. The normalized spacial score (nSPS) is 15.2. The summed E-state index contributed by atoms with van der Waals surface area (Å²) in [6.07, 6.45) is 26.1. The van der Waals surface area contributed by atoms with E-state index in [0.717, 1.165) is 192 Å². The number of esters is 2. The molecule has 0 spiro atoms. The maximum Gasteiger partial charge on any atom is 0.316 e. The lowest BCUT2D eigenvalue weighted by Gasteiger charge is -2.29. The fraction of sp³-hybridized carbons (Fsp3) is 0.562. The number of halogens is 4. The van der Waals surface area contributed by atoms with E-state index in [4.69, 9.17) is 30.6 Å². The zero-order chi connectivity index (χ0) is 105. The van der Waals surface area contributed by atoms with Gasteiger partial charge in [0.1, 0.15) is 0 Å². The van der Waals surface area contributed by atoms with Gasteiger partial charge in [-0.05, 0) is 213 Å². The molecule has 2 aliphatic heterocycles. The Morgan fingerprint density at radius 1 is 0.478 bits per heavy atom. The molecule has 9 N–H and O–H groups in total. The second kappa shape index (κ2) is 73.0. The van der Waals surface area contributed by atoms with Gasteiger partial charge in [-0.3, -0.25) is 33.9 Å². The van der Waals surface area contributed by atoms with Crippen molar-refractivity contribution >= 4 is 106 Å². The highest BCUT2D eigenvalue weighted by atomic mass is 79.9. The maximum atomic E-state index is 12.3. The molecule has 1 fully saturated rings. The quantitative estimate of drug-likeness (QED) is 0.00439. The first-order valence-corrected chi connectivity index (χ1v) is 53.6. The fourth-order valence-electron chi connectivity index (χ4n) is 15.2. The average molecular weight is 2150 g/mol. The predicted molar refractivity (Wildman–Crippen MR) is 580 cm³/mol. The monoisotopic (exact) mass is 2150 g/mol. The smallest absolute Gasteiger partial charge is 0.316 e. The number of nitrogens with zero attached hydrogens (tertiary/aromatic N) is 2. The van der Waals surface area contributed by atoms with Crippen molar-refractivity contribution in [1.29, 1.82) is 0 Å². The van der Waals surface area contributed by atoms with Gasteiger partial charge in [-0.25, -0.2) is 4.79 Å². The Kier molecular flexibility index (Phi) is 65.0. The van der Waals surface area contributed by atoms with Crippen molar-refractivity contribution in [3.63, 3.8) is 0 Å². The van der Waals surface area contributed by atoms with Gasteiger partial charge in [0.25, 0.3) is 11.8 Å². The molecule has 24 heteroatoms. The zero-order valence-electron chi connectivity index (χ0n) is 87.9. The van der Waals surface area contributed by atoms with Crippen molar-refractivity contribution in [3.05, 3.63) is 251 Å². The number of nitrogens with one attached hydrogen (secondary N) is 2. The molecule has 0 aromatic heterocycles. The highest BCUT2D eigenvalue weighted by molar-refractivity contribution is 9.09. The van der Waals surface area contributed by atoms with E-state index >= 15 is 0 Å². The molecule has 4 amide bonds. The standard InChI is InChI=1S/C21H36N2O3.C21H23NO3.C15H21BrO2.C14H25NO3.C13H19BrO.C13H21NO.C11H14O2.C4H8Br2.3H2/c1-20(2,16-24)12-9-15-23-19(26)22-14-8-7-13-21(3,17-25)18-10-5-4-6-11-18;1-21(15-23,16-9-3-2-4-10-16)13-7-8-14-22-19(24)17-11-5-6-12-18(17)20(22)25;1-3-18-14(17)15(2,11-7-8-12-16)13-9-5-4-6-10-13;1-14(2,7-5-8-15-9-10-16)12-18-13-6-3-4-11-17-13;2*1-13(11-15,9-5-6-10-14)12-7-3-2-4-8-12;1-3-13-11(12)9(2)10-7-5-4-6-8-10;5-3-1-2-4-6;;;/h4-6,10-11,24-25H,7-9,12-17H2,1-3H3,(H2,22,23,26);2-6,9-12,23H,7-8,13-15H2,1H3;4-6,9-10H,3,7-8,11-12H2,1-2H3;9-10,13H,3-8,11-12H2,1-2H3;2-4,7-8,15H,5-6,9-11H2,1H3;2-4,7-8,15H,5-6,9-11,14H2,1H3;4-9H,3H2,1-2H3;1-4H2;3*1H/i;;;;;;;;2*1+1D;1+1. The molecule has 9 rings (SSSR count). The van der Waals surface area contributed by atoms with Crippen LogP contribution < -0.4 is 16.4 Å². The summed E-state index contributed by atoms with van der Waals surface area (Å²) in [6.45, 7) is 30.6. The molecule has 1 saturated heterocycles. The average Bonchev–Trinajstić information content (AvgIpc) is 1.65. The first kappa shape index (κ1) is 121. The van der Waals surface area contributed by atoms with E-state index in [-0.39, 0.29) is 109 Å². The van der Waals surface area contributed by atoms with Crippen LogP contribution in [0.3, 0.4) is 0 Å². The van der Waals surface area contributed by atoms with Gasteiger partial charge in [-0.2, -0.15) is 0 Å². The number of ether oxygens (including phenoxy) is 4. The fourth-order valence-corrected chi connectivity index (χ4v) is 16.8.